The lowest BCUT2D eigenvalue weighted by Crippen LogP contribution is -2.54. The van der Waals surface area contributed by atoms with Crippen molar-refractivity contribution in [3.05, 3.63) is 71.9 Å². The van der Waals surface area contributed by atoms with Gasteiger partial charge < -0.3 is 20.4 Å². The van der Waals surface area contributed by atoms with Gasteiger partial charge in [0.15, 0.2) is 0 Å². The Morgan fingerprint density at radius 2 is 1.70 bits per heavy atom. The summed E-state index contributed by atoms with van der Waals surface area (Å²) in [5.41, 5.74) is 4.13. The number of aromatic amines is 1. The highest BCUT2D eigenvalue weighted by Crippen LogP contribution is 2.19. The Morgan fingerprint density at radius 1 is 0.970 bits per heavy atom. The van der Waals surface area contributed by atoms with E-state index in [-0.39, 0.29) is 13.0 Å². The number of para-hydroxylation sites is 1. The van der Waals surface area contributed by atoms with E-state index in [0.717, 1.165) is 22.0 Å². The highest BCUT2D eigenvalue weighted by molar-refractivity contribution is 5.92. The van der Waals surface area contributed by atoms with Crippen LogP contribution in [0.5, 0.6) is 0 Å². The Morgan fingerprint density at radius 3 is 2.42 bits per heavy atom. The maximum Gasteiger partial charge on any atom is 0.408 e. The number of hydroxylamine groups is 1. The third-order valence-corrected chi connectivity index (χ3v) is 5.24. The number of rotatable bonds is 10. The number of nitrogens with one attached hydrogen (secondary N) is 4. The normalized spacial score (nSPS) is 12.5. The van der Waals surface area contributed by atoms with Crippen LogP contribution in [-0.2, 0) is 27.4 Å². The fourth-order valence-corrected chi connectivity index (χ4v) is 3.54. The molecule has 0 spiro atoms. The Bertz CT molecular complexity index is 1080. The molecule has 3 amide bonds. The molecule has 0 unspecified atom stereocenters. The fraction of sp³-hybridized carbons (Fsp3) is 0.292. The van der Waals surface area contributed by atoms with Crippen LogP contribution in [0.25, 0.3) is 10.9 Å². The second-order valence-corrected chi connectivity index (χ2v) is 7.65. The average molecular weight is 453 g/mol. The molecule has 174 valence electrons. The molecule has 0 bridgehead atoms. The van der Waals surface area contributed by atoms with Gasteiger partial charge in [-0.3, -0.25) is 14.8 Å². The second kappa shape index (κ2) is 11.7. The Labute approximate surface area is 191 Å². The summed E-state index contributed by atoms with van der Waals surface area (Å²) in [7, 11) is 0. The number of carbonyl (C=O) groups excluding carboxylic acids is 3. The third kappa shape index (κ3) is 6.56. The van der Waals surface area contributed by atoms with Crippen molar-refractivity contribution in [2.45, 2.75) is 44.9 Å². The number of hydrogen-bond donors (Lipinski definition) is 5. The number of ether oxygens (including phenoxy) is 1. The van der Waals surface area contributed by atoms with E-state index in [4.69, 9.17) is 4.74 Å². The topological polar surface area (TPSA) is 133 Å². The highest BCUT2D eigenvalue weighted by Gasteiger charge is 2.27. The molecule has 3 aromatic rings. The van der Waals surface area contributed by atoms with Crippen LogP contribution in [0.3, 0.4) is 0 Å². The maximum absolute atomic E-state index is 12.9. The van der Waals surface area contributed by atoms with Crippen molar-refractivity contribution in [3.8, 4) is 0 Å². The van der Waals surface area contributed by atoms with Gasteiger partial charge in [0.2, 0.25) is 5.91 Å². The number of fused-ring (bicyclic) bond motifs is 1. The first-order valence-corrected chi connectivity index (χ1v) is 10.8. The van der Waals surface area contributed by atoms with E-state index >= 15 is 0 Å². The Balaban J connectivity index is 1.64. The van der Waals surface area contributed by atoms with Gasteiger partial charge in [0.05, 0.1) is 0 Å². The molecule has 9 heteroatoms. The molecular formula is C24H28N4O5. The van der Waals surface area contributed by atoms with E-state index in [2.05, 4.69) is 15.6 Å². The van der Waals surface area contributed by atoms with Gasteiger partial charge in [-0.15, -0.1) is 0 Å². The lowest BCUT2D eigenvalue weighted by molar-refractivity contribution is -0.135. The Kier molecular flexibility index (Phi) is 8.43. The number of benzene rings is 2. The van der Waals surface area contributed by atoms with Crippen LogP contribution in [0.2, 0.25) is 0 Å². The van der Waals surface area contributed by atoms with Gasteiger partial charge in [0.1, 0.15) is 18.7 Å². The third-order valence-electron chi connectivity index (χ3n) is 5.24. The van der Waals surface area contributed by atoms with Crippen LogP contribution < -0.4 is 16.1 Å². The van der Waals surface area contributed by atoms with E-state index in [9.17, 15) is 19.6 Å². The summed E-state index contributed by atoms with van der Waals surface area (Å²) >= 11 is 0. The molecule has 2 atom stereocenters. The zero-order valence-corrected chi connectivity index (χ0v) is 18.3. The van der Waals surface area contributed by atoms with Crippen LogP contribution >= 0.6 is 0 Å². The summed E-state index contributed by atoms with van der Waals surface area (Å²) in [6.07, 6.45) is 2.16. The summed E-state index contributed by atoms with van der Waals surface area (Å²) in [4.78, 5) is 40.6. The van der Waals surface area contributed by atoms with Gasteiger partial charge in [-0.1, -0.05) is 61.9 Å². The summed E-state index contributed by atoms with van der Waals surface area (Å²) in [6.45, 7) is 1.95. The zero-order valence-electron chi connectivity index (χ0n) is 18.3. The molecule has 0 saturated heterocycles. The molecule has 3 rings (SSSR count). The molecule has 0 aliphatic rings. The zero-order chi connectivity index (χ0) is 23.6. The molecule has 0 aliphatic heterocycles. The van der Waals surface area contributed by atoms with Crippen LogP contribution in [0.15, 0.2) is 60.8 Å². The lowest BCUT2D eigenvalue weighted by atomic mass is 10.0. The smallest absolute Gasteiger partial charge is 0.408 e. The minimum atomic E-state index is -1.04. The summed E-state index contributed by atoms with van der Waals surface area (Å²) in [5, 5.41) is 15.3. The van der Waals surface area contributed by atoms with Gasteiger partial charge in [0.25, 0.3) is 5.91 Å². The highest BCUT2D eigenvalue weighted by atomic mass is 16.5. The fourth-order valence-electron chi connectivity index (χ4n) is 3.54. The minimum absolute atomic E-state index is 0.0727. The van der Waals surface area contributed by atoms with Crippen LogP contribution in [0, 0.1) is 0 Å². The molecule has 0 radical (unpaired) electrons. The van der Waals surface area contributed by atoms with Gasteiger partial charge in [0, 0.05) is 23.5 Å². The molecule has 2 aromatic carbocycles. The van der Waals surface area contributed by atoms with Gasteiger partial charge >= 0.3 is 6.09 Å². The maximum atomic E-state index is 12.9. The van der Waals surface area contributed by atoms with Gasteiger partial charge in [-0.25, -0.2) is 10.3 Å². The van der Waals surface area contributed by atoms with Crippen molar-refractivity contribution in [2.75, 3.05) is 0 Å². The predicted molar refractivity (Wildman–Crippen MR) is 122 cm³/mol. The number of amides is 3. The molecule has 5 N–H and O–H groups in total. The molecule has 0 fully saturated rings. The molecule has 0 aliphatic carbocycles. The number of H-pyrrole nitrogens is 1. The van der Waals surface area contributed by atoms with E-state index in [0.29, 0.717) is 12.8 Å². The van der Waals surface area contributed by atoms with Crippen molar-refractivity contribution >= 4 is 28.8 Å². The predicted octanol–water partition coefficient (Wildman–Crippen LogP) is 2.80. The van der Waals surface area contributed by atoms with E-state index < -0.39 is 30.0 Å². The second-order valence-electron chi connectivity index (χ2n) is 7.65. The summed E-state index contributed by atoms with van der Waals surface area (Å²) in [5.74, 6) is -1.29. The Hall–Kier alpha value is -3.85. The SMILES string of the molecule is CCC[C@H](NC(=O)OCc1ccccc1)C(=O)N[C@@H](Cc1c[nH]c2ccccc12)C(=O)NO. The average Bonchev–Trinajstić information content (AvgIpc) is 3.25. The van der Waals surface area contributed by atoms with E-state index in [1.54, 1.807) is 11.7 Å². The minimum Gasteiger partial charge on any atom is -0.445 e. The van der Waals surface area contributed by atoms with Crippen molar-refractivity contribution in [1.29, 1.82) is 0 Å². The largest absolute Gasteiger partial charge is 0.445 e. The van der Waals surface area contributed by atoms with Crippen LogP contribution in [0.4, 0.5) is 4.79 Å². The summed E-state index contributed by atoms with van der Waals surface area (Å²) in [6, 6.07) is 14.8. The number of alkyl carbamates (subject to hydrolysis) is 1. The molecule has 1 heterocycles. The number of carbonyl (C=O) groups is 3. The molecule has 9 nitrogen and oxygen atoms in total. The van der Waals surface area contributed by atoms with E-state index in [1.165, 1.54) is 0 Å². The van der Waals surface area contributed by atoms with Gasteiger partial charge in [-0.05, 0) is 23.6 Å². The van der Waals surface area contributed by atoms with E-state index in [1.807, 2.05) is 61.5 Å². The molecule has 33 heavy (non-hydrogen) atoms. The van der Waals surface area contributed by atoms with Crippen LogP contribution in [-0.4, -0.2) is 40.2 Å². The molecule has 1 aromatic heterocycles. The molecular weight excluding hydrogens is 424 g/mol. The standard InChI is InChI=1S/C24H28N4O5/c1-2-8-20(27-24(31)33-15-16-9-4-3-5-10-16)22(29)26-21(23(30)28-32)13-17-14-25-19-12-7-6-11-18(17)19/h3-7,9-12,14,20-21,25,32H,2,8,13,15H2,1H3,(H,26,29)(H,27,31)(H,28,30)/t20-,21-/m0/s1. The first-order chi connectivity index (χ1) is 16.0. The van der Waals surface area contributed by atoms with Crippen molar-refractivity contribution < 1.29 is 24.3 Å². The summed E-state index contributed by atoms with van der Waals surface area (Å²) < 4.78 is 5.21. The number of hydrogen-bond acceptors (Lipinski definition) is 5. The van der Waals surface area contributed by atoms with Crippen molar-refractivity contribution in [1.82, 2.24) is 21.1 Å². The monoisotopic (exact) mass is 452 g/mol. The van der Waals surface area contributed by atoms with Crippen molar-refractivity contribution in [2.24, 2.45) is 0 Å². The van der Waals surface area contributed by atoms with Crippen molar-refractivity contribution in [3.63, 3.8) is 0 Å². The van der Waals surface area contributed by atoms with Crippen LogP contribution in [0.1, 0.15) is 30.9 Å². The first-order valence-electron chi connectivity index (χ1n) is 10.8. The quantitative estimate of drug-likeness (QED) is 0.238. The molecule has 0 saturated carbocycles. The van der Waals surface area contributed by atoms with Gasteiger partial charge in [-0.2, -0.15) is 0 Å². The lowest BCUT2D eigenvalue weighted by Gasteiger charge is -2.22. The number of aromatic nitrogens is 1. The first kappa shape index (κ1) is 23.8.